The first-order chi connectivity index (χ1) is 6.74. The van der Waals surface area contributed by atoms with Crippen molar-refractivity contribution in [2.45, 2.75) is 25.5 Å². The van der Waals surface area contributed by atoms with Crippen LogP contribution in [-0.2, 0) is 11.3 Å². The number of nitrogens with zero attached hydrogens (tertiary/aromatic N) is 2. The Bertz CT molecular complexity index is 359. The summed E-state index contributed by atoms with van der Waals surface area (Å²) in [5.41, 5.74) is 0.705. The Morgan fingerprint density at radius 3 is 3.29 bits per heavy atom. The molecule has 0 spiro atoms. The lowest BCUT2D eigenvalue weighted by molar-refractivity contribution is 0.0575. The summed E-state index contributed by atoms with van der Waals surface area (Å²) in [7, 11) is 1.32. The molecule has 5 nitrogen and oxygen atoms in total. The maximum absolute atomic E-state index is 11.3. The first-order valence-corrected chi connectivity index (χ1v) is 4.56. The molecule has 1 aliphatic heterocycles. The van der Waals surface area contributed by atoms with Gasteiger partial charge in [0.05, 0.1) is 25.1 Å². The summed E-state index contributed by atoms with van der Waals surface area (Å²) in [6.45, 7) is 0.719. The van der Waals surface area contributed by atoms with Gasteiger partial charge in [0, 0.05) is 6.54 Å². The van der Waals surface area contributed by atoms with Crippen LogP contribution >= 0.6 is 0 Å². The summed E-state index contributed by atoms with van der Waals surface area (Å²) in [6, 6.07) is 0. The van der Waals surface area contributed by atoms with Crippen LogP contribution in [0.25, 0.3) is 0 Å². The summed E-state index contributed by atoms with van der Waals surface area (Å²) < 4.78 is 6.31. The summed E-state index contributed by atoms with van der Waals surface area (Å²) in [5.74, 6) is -0.174. The minimum absolute atomic E-state index is 0.279. The van der Waals surface area contributed by atoms with E-state index in [1.807, 2.05) is 0 Å². The first-order valence-electron chi connectivity index (χ1n) is 4.56. The number of aliphatic hydroxyl groups excluding tert-OH is 1. The normalized spacial score (nSPS) is 20.3. The fourth-order valence-corrected chi connectivity index (χ4v) is 1.73. The summed E-state index contributed by atoms with van der Waals surface area (Å²) in [5, 5.41) is 9.62. The van der Waals surface area contributed by atoms with Gasteiger partial charge in [0.1, 0.15) is 0 Å². The molecule has 76 valence electrons. The Morgan fingerprint density at radius 2 is 2.57 bits per heavy atom. The molecular formula is C9H12N2O3. The Balaban J connectivity index is 2.40. The zero-order valence-corrected chi connectivity index (χ0v) is 7.93. The van der Waals surface area contributed by atoms with Gasteiger partial charge in [-0.2, -0.15) is 0 Å². The number of ether oxygens (including phenoxy) is 1. The molecule has 14 heavy (non-hydrogen) atoms. The summed E-state index contributed by atoms with van der Waals surface area (Å²) in [6.07, 6.45) is 2.62. The number of fused-ring (bicyclic) bond motifs is 1. The van der Waals surface area contributed by atoms with E-state index in [2.05, 4.69) is 9.72 Å². The van der Waals surface area contributed by atoms with Gasteiger partial charge < -0.3 is 14.4 Å². The van der Waals surface area contributed by atoms with Crippen LogP contribution < -0.4 is 0 Å². The number of aromatic nitrogens is 2. The van der Waals surface area contributed by atoms with Crippen LogP contribution in [0.4, 0.5) is 0 Å². The van der Waals surface area contributed by atoms with Crippen molar-refractivity contribution in [1.29, 1.82) is 0 Å². The fraction of sp³-hybridized carbons (Fsp3) is 0.556. The Hall–Kier alpha value is -1.36. The van der Waals surface area contributed by atoms with E-state index in [0.29, 0.717) is 5.69 Å². The molecule has 0 aliphatic carbocycles. The molecule has 5 heteroatoms. The van der Waals surface area contributed by atoms with Crippen LogP contribution in [-0.4, -0.2) is 27.7 Å². The monoisotopic (exact) mass is 196 g/mol. The highest BCUT2D eigenvalue weighted by Crippen LogP contribution is 2.25. The van der Waals surface area contributed by atoms with Crippen molar-refractivity contribution in [3.63, 3.8) is 0 Å². The number of carbonyl (C=O) groups is 1. The minimum Gasteiger partial charge on any atom is -0.463 e. The number of imidazole rings is 1. The third kappa shape index (κ3) is 1.29. The van der Waals surface area contributed by atoms with Gasteiger partial charge in [-0.05, 0) is 12.8 Å². The zero-order chi connectivity index (χ0) is 10.1. The van der Waals surface area contributed by atoms with Gasteiger partial charge in [0.25, 0.3) is 0 Å². The van der Waals surface area contributed by atoms with Gasteiger partial charge in [-0.3, -0.25) is 0 Å². The van der Waals surface area contributed by atoms with Gasteiger partial charge in [0.2, 0.25) is 5.82 Å². The molecule has 0 radical (unpaired) electrons. The molecule has 1 aromatic heterocycles. The Kier molecular flexibility index (Phi) is 2.25. The average molecular weight is 196 g/mol. The Labute approximate surface area is 81.3 Å². The zero-order valence-electron chi connectivity index (χ0n) is 7.93. The van der Waals surface area contributed by atoms with Crippen LogP contribution in [0.2, 0.25) is 0 Å². The number of hydrogen-bond acceptors (Lipinski definition) is 4. The lowest BCUT2D eigenvalue weighted by Gasteiger charge is -2.20. The standard InChI is InChI=1S/C9H12N2O3/c1-14-9(13)8-10-5-6-7(12)3-2-4-11(6)8/h5,7,12H,2-4H2,1H3. The van der Waals surface area contributed by atoms with Gasteiger partial charge in [-0.25, -0.2) is 9.78 Å². The number of methoxy groups -OCH3 is 1. The van der Waals surface area contributed by atoms with Crippen LogP contribution in [0, 0.1) is 0 Å². The quantitative estimate of drug-likeness (QED) is 0.664. The second-order valence-corrected chi connectivity index (χ2v) is 3.31. The van der Waals surface area contributed by atoms with Crippen molar-refractivity contribution in [2.24, 2.45) is 0 Å². The molecule has 1 unspecified atom stereocenters. The molecule has 2 rings (SSSR count). The number of hydrogen-bond donors (Lipinski definition) is 1. The van der Waals surface area contributed by atoms with Gasteiger partial charge in [-0.15, -0.1) is 0 Å². The highest BCUT2D eigenvalue weighted by Gasteiger charge is 2.24. The topological polar surface area (TPSA) is 64.3 Å². The molecule has 1 atom stereocenters. The summed E-state index contributed by atoms with van der Waals surface area (Å²) in [4.78, 5) is 15.2. The number of esters is 1. The highest BCUT2D eigenvalue weighted by molar-refractivity contribution is 5.85. The van der Waals surface area contributed by atoms with Gasteiger partial charge in [0.15, 0.2) is 0 Å². The minimum atomic E-state index is -0.505. The molecule has 1 aliphatic rings. The van der Waals surface area contributed by atoms with Crippen LogP contribution in [0.1, 0.15) is 35.3 Å². The Morgan fingerprint density at radius 1 is 1.79 bits per heavy atom. The maximum atomic E-state index is 11.3. The predicted molar refractivity (Wildman–Crippen MR) is 47.8 cm³/mol. The van der Waals surface area contributed by atoms with E-state index in [9.17, 15) is 9.90 Å². The SMILES string of the molecule is COC(=O)c1ncc2n1CCCC2O. The highest BCUT2D eigenvalue weighted by atomic mass is 16.5. The molecule has 0 fully saturated rings. The first kappa shape index (κ1) is 9.21. The average Bonchev–Trinajstić information content (AvgIpc) is 2.62. The van der Waals surface area contributed by atoms with Crippen molar-refractivity contribution < 1.29 is 14.6 Å². The molecule has 0 aromatic carbocycles. The van der Waals surface area contributed by atoms with Crippen molar-refractivity contribution in [3.05, 3.63) is 17.7 Å². The van der Waals surface area contributed by atoms with E-state index in [0.717, 1.165) is 19.4 Å². The van der Waals surface area contributed by atoms with E-state index in [-0.39, 0.29) is 5.82 Å². The van der Waals surface area contributed by atoms with Crippen molar-refractivity contribution in [1.82, 2.24) is 9.55 Å². The van der Waals surface area contributed by atoms with Crippen LogP contribution in [0.5, 0.6) is 0 Å². The molecule has 0 saturated heterocycles. The van der Waals surface area contributed by atoms with E-state index < -0.39 is 12.1 Å². The molecule has 0 bridgehead atoms. The van der Waals surface area contributed by atoms with E-state index in [4.69, 9.17) is 0 Å². The van der Waals surface area contributed by atoms with Crippen LogP contribution in [0.3, 0.4) is 0 Å². The fourth-order valence-electron chi connectivity index (χ4n) is 1.73. The molecule has 0 amide bonds. The van der Waals surface area contributed by atoms with E-state index >= 15 is 0 Å². The predicted octanol–water partition coefficient (Wildman–Crippen LogP) is 0.497. The third-order valence-corrected chi connectivity index (χ3v) is 2.46. The third-order valence-electron chi connectivity index (χ3n) is 2.46. The van der Waals surface area contributed by atoms with Crippen molar-refractivity contribution in [2.75, 3.05) is 7.11 Å². The molecule has 1 aromatic rings. The number of rotatable bonds is 1. The van der Waals surface area contributed by atoms with E-state index in [1.165, 1.54) is 13.3 Å². The van der Waals surface area contributed by atoms with Gasteiger partial charge >= 0.3 is 5.97 Å². The second-order valence-electron chi connectivity index (χ2n) is 3.31. The van der Waals surface area contributed by atoms with Crippen molar-refractivity contribution >= 4 is 5.97 Å². The number of carbonyl (C=O) groups excluding carboxylic acids is 1. The second kappa shape index (κ2) is 3.42. The van der Waals surface area contributed by atoms with Crippen molar-refractivity contribution in [3.8, 4) is 0 Å². The van der Waals surface area contributed by atoms with E-state index in [1.54, 1.807) is 4.57 Å². The molecular weight excluding hydrogens is 184 g/mol. The number of aliphatic hydroxyl groups is 1. The van der Waals surface area contributed by atoms with Crippen LogP contribution in [0.15, 0.2) is 6.20 Å². The summed E-state index contributed by atoms with van der Waals surface area (Å²) >= 11 is 0. The largest absolute Gasteiger partial charge is 0.463 e. The molecule has 0 saturated carbocycles. The van der Waals surface area contributed by atoms with Gasteiger partial charge in [-0.1, -0.05) is 0 Å². The molecule has 2 heterocycles. The molecule has 1 N–H and O–H groups in total. The maximum Gasteiger partial charge on any atom is 0.374 e. The lowest BCUT2D eigenvalue weighted by atomic mass is 10.1. The lowest BCUT2D eigenvalue weighted by Crippen LogP contribution is -2.19. The smallest absolute Gasteiger partial charge is 0.374 e.